The first-order chi connectivity index (χ1) is 6.99. The molecule has 86 valence electrons. The molecule has 2 unspecified atom stereocenters. The van der Waals surface area contributed by atoms with Gasteiger partial charge in [-0.15, -0.1) is 11.3 Å². The summed E-state index contributed by atoms with van der Waals surface area (Å²) in [7, 11) is -0.930. The lowest BCUT2D eigenvalue weighted by Gasteiger charge is -2.12. The van der Waals surface area contributed by atoms with Crippen molar-refractivity contribution < 1.29 is 4.21 Å². The van der Waals surface area contributed by atoms with E-state index in [1.165, 1.54) is 4.88 Å². The summed E-state index contributed by atoms with van der Waals surface area (Å²) in [6, 6.07) is 2.22. The lowest BCUT2D eigenvalue weighted by atomic mass is 10.3. The highest BCUT2D eigenvalue weighted by Crippen LogP contribution is 2.25. The number of hydrogen-bond acceptors (Lipinski definition) is 2. The van der Waals surface area contributed by atoms with Crippen LogP contribution in [0.2, 0.25) is 0 Å². The Morgan fingerprint density at radius 2 is 2.20 bits per heavy atom. The minimum Gasteiger partial charge on any atom is -0.243 e. The fourth-order valence-electron chi connectivity index (χ4n) is 1.16. The van der Waals surface area contributed by atoms with Gasteiger partial charge in [-0.3, -0.25) is 0 Å². The van der Waals surface area contributed by atoms with Crippen LogP contribution in [0, 0.1) is 5.92 Å². The standard InChI is InChI=1S/C10H16BrNOS2/c1-7(2)6-15(13)12-8(3)10-4-9(11)5-14-10/h4-5,7-8,12H,6H2,1-3H3. The zero-order valence-electron chi connectivity index (χ0n) is 9.12. The van der Waals surface area contributed by atoms with Gasteiger partial charge in [0, 0.05) is 20.5 Å². The van der Waals surface area contributed by atoms with E-state index >= 15 is 0 Å². The number of halogens is 1. The van der Waals surface area contributed by atoms with E-state index in [4.69, 9.17) is 0 Å². The fraction of sp³-hybridized carbons (Fsp3) is 0.600. The Hall–Kier alpha value is 0.290. The summed E-state index contributed by atoms with van der Waals surface area (Å²) in [6.45, 7) is 6.19. The molecule has 0 fully saturated rings. The smallest absolute Gasteiger partial charge is 0.0923 e. The molecule has 1 heterocycles. The van der Waals surface area contributed by atoms with Crippen LogP contribution >= 0.6 is 27.3 Å². The van der Waals surface area contributed by atoms with Crippen molar-refractivity contribution in [1.82, 2.24) is 4.72 Å². The molecule has 2 nitrogen and oxygen atoms in total. The van der Waals surface area contributed by atoms with E-state index in [-0.39, 0.29) is 6.04 Å². The van der Waals surface area contributed by atoms with Crippen LogP contribution in [0.3, 0.4) is 0 Å². The number of thiophene rings is 1. The van der Waals surface area contributed by atoms with Crippen molar-refractivity contribution in [3.8, 4) is 0 Å². The Kier molecular flexibility index (Phi) is 5.46. The van der Waals surface area contributed by atoms with Gasteiger partial charge in [-0.25, -0.2) is 8.93 Å². The van der Waals surface area contributed by atoms with E-state index in [1.807, 2.05) is 12.3 Å². The molecule has 0 saturated carbocycles. The molecule has 1 N–H and O–H groups in total. The normalized spacial score (nSPS) is 15.5. The molecule has 2 atom stereocenters. The average molecular weight is 310 g/mol. The van der Waals surface area contributed by atoms with Crippen LogP contribution in [0.5, 0.6) is 0 Å². The average Bonchev–Trinajstić information content (AvgIpc) is 2.49. The van der Waals surface area contributed by atoms with Crippen molar-refractivity contribution in [3.63, 3.8) is 0 Å². The monoisotopic (exact) mass is 309 g/mol. The molecule has 0 amide bonds. The highest BCUT2D eigenvalue weighted by molar-refractivity contribution is 9.10. The maximum atomic E-state index is 11.6. The minimum absolute atomic E-state index is 0.154. The van der Waals surface area contributed by atoms with Gasteiger partial charge in [-0.1, -0.05) is 13.8 Å². The van der Waals surface area contributed by atoms with E-state index in [0.29, 0.717) is 11.7 Å². The van der Waals surface area contributed by atoms with Crippen molar-refractivity contribution in [2.45, 2.75) is 26.8 Å². The van der Waals surface area contributed by atoms with Crippen LogP contribution in [-0.4, -0.2) is 9.96 Å². The summed E-state index contributed by atoms with van der Waals surface area (Å²) in [5.74, 6) is 1.16. The Morgan fingerprint density at radius 3 is 2.67 bits per heavy atom. The molecule has 0 aliphatic heterocycles. The summed E-state index contributed by atoms with van der Waals surface area (Å²) in [6.07, 6.45) is 0. The third-order valence-corrected chi connectivity index (χ3v) is 5.27. The van der Waals surface area contributed by atoms with Crippen LogP contribution < -0.4 is 4.72 Å². The molecule has 0 spiro atoms. The summed E-state index contributed by atoms with van der Waals surface area (Å²) < 4.78 is 15.8. The van der Waals surface area contributed by atoms with Gasteiger partial charge >= 0.3 is 0 Å². The molecule has 0 bridgehead atoms. The molecule has 15 heavy (non-hydrogen) atoms. The highest BCUT2D eigenvalue weighted by atomic mass is 79.9. The molecule has 0 aromatic carbocycles. The predicted molar refractivity (Wildman–Crippen MR) is 71.4 cm³/mol. The van der Waals surface area contributed by atoms with Crippen molar-refractivity contribution in [3.05, 3.63) is 20.8 Å². The van der Waals surface area contributed by atoms with Gasteiger partial charge in [0.2, 0.25) is 0 Å². The second-order valence-corrected chi connectivity index (χ2v) is 7.03. The minimum atomic E-state index is -0.930. The first-order valence-corrected chi connectivity index (χ1v) is 7.86. The van der Waals surface area contributed by atoms with Crippen molar-refractivity contribution in [2.75, 3.05) is 5.75 Å². The van der Waals surface area contributed by atoms with Gasteiger partial charge in [-0.2, -0.15) is 0 Å². The largest absolute Gasteiger partial charge is 0.243 e. The Labute approximate surface area is 106 Å². The molecule has 5 heteroatoms. The Morgan fingerprint density at radius 1 is 1.53 bits per heavy atom. The number of hydrogen-bond donors (Lipinski definition) is 1. The van der Waals surface area contributed by atoms with Gasteiger partial charge in [0.15, 0.2) is 0 Å². The van der Waals surface area contributed by atoms with Crippen molar-refractivity contribution >= 4 is 38.3 Å². The van der Waals surface area contributed by atoms with Gasteiger partial charge in [0.25, 0.3) is 0 Å². The lowest BCUT2D eigenvalue weighted by Crippen LogP contribution is -2.24. The quantitative estimate of drug-likeness (QED) is 0.886. The van der Waals surface area contributed by atoms with Gasteiger partial charge in [0.1, 0.15) is 0 Å². The number of nitrogens with one attached hydrogen (secondary N) is 1. The van der Waals surface area contributed by atoms with Crippen molar-refractivity contribution in [2.24, 2.45) is 5.92 Å². The van der Waals surface area contributed by atoms with Crippen LogP contribution in [0.15, 0.2) is 15.9 Å². The molecule has 0 aliphatic rings. The van der Waals surface area contributed by atoms with Gasteiger partial charge < -0.3 is 0 Å². The molecule has 0 radical (unpaired) electrons. The summed E-state index contributed by atoms with van der Waals surface area (Å²) in [5.41, 5.74) is 0. The van der Waals surface area contributed by atoms with E-state index in [1.54, 1.807) is 11.3 Å². The molecule has 1 aromatic heterocycles. The highest BCUT2D eigenvalue weighted by Gasteiger charge is 2.11. The molecule has 0 saturated heterocycles. The maximum Gasteiger partial charge on any atom is 0.0923 e. The SMILES string of the molecule is CC(C)CS(=O)NC(C)c1cc(Br)cs1. The summed E-state index contributed by atoms with van der Waals surface area (Å²) >= 11 is 5.09. The molecule has 0 aliphatic carbocycles. The van der Waals surface area contributed by atoms with Crippen LogP contribution in [-0.2, 0) is 11.0 Å². The third kappa shape index (κ3) is 4.76. The fourth-order valence-corrected chi connectivity index (χ4v) is 3.91. The van der Waals surface area contributed by atoms with E-state index in [9.17, 15) is 4.21 Å². The topological polar surface area (TPSA) is 29.1 Å². The first kappa shape index (κ1) is 13.4. The molecular formula is C10H16BrNOS2. The van der Waals surface area contributed by atoms with Crippen molar-refractivity contribution in [1.29, 1.82) is 0 Å². The van der Waals surface area contributed by atoms with E-state index in [2.05, 4.69) is 40.6 Å². The van der Waals surface area contributed by atoms with Gasteiger partial charge in [-0.05, 0) is 34.8 Å². The maximum absolute atomic E-state index is 11.6. The molecular weight excluding hydrogens is 294 g/mol. The van der Waals surface area contributed by atoms with E-state index in [0.717, 1.165) is 4.47 Å². The zero-order valence-corrected chi connectivity index (χ0v) is 12.3. The lowest BCUT2D eigenvalue weighted by molar-refractivity contribution is 0.637. The Balaban J connectivity index is 2.48. The van der Waals surface area contributed by atoms with Crippen LogP contribution in [0.1, 0.15) is 31.7 Å². The van der Waals surface area contributed by atoms with Crippen LogP contribution in [0.4, 0.5) is 0 Å². The second-order valence-electron chi connectivity index (χ2n) is 3.91. The Bertz CT molecular complexity index is 338. The summed E-state index contributed by atoms with van der Waals surface area (Å²) in [4.78, 5) is 1.21. The molecule has 1 aromatic rings. The van der Waals surface area contributed by atoms with E-state index < -0.39 is 11.0 Å². The second kappa shape index (κ2) is 6.13. The summed E-state index contributed by atoms with van der Waals surface area (Å²) in [5, 5.41) is 2.04. The zero-order chi connectivity index (χ0) is 11.4. The van der Waals surface area contributed by atoms with Crippen LogP contribution in [0.25, 0.3) is 0 Å². The van der Waals surface area contributed by atoms with Gasteiger partial charge in [0.05, 0.1) is 17.0 Å². The predicted octanol–water partition coefficient (Wildman–Crippen LogP) is 3.48. The third-order valence-electron chi connectivity index (χ3n) is 1.81. The first-order valence-electron chi connectivity index (χ1n) is 4.87. The number of rotatable bonds is 5. The molecule has 1 rings (SSSR count).